The van der Waals surface area contributed by atoms with Crippen molar-refractivity contribution in [2.24, 2.45) is 0 Å². The first kappa shape index (κ1) is 28.0. The molecule has 1 aliphatic heterocycles. The van der Waals surface area contributed by atoms with E-state index in [2.05, 4.69) is 20.6 Å². The minimum absolute atomic E-state index is 0.0209. The van der Waals surface area contributed by atoms with Crippen LogP contribution in [0.1, 0.15) is 18.4 Å². The van der Waals surface area contributed by atoms with Gasteiger partial charge in [-0.1, -0.05) is 17.7 Å². The van der Waals surface area contributed by atoms with Crippen molar-refractivity contribution in [2.75, 3.05) is 45.9 Å². The number of fused-ring (bicyclic) bond motifs is 1. The molecule has 38 heavy (non-hydrogen) atoms. The third-order valence-electron chi connectivity index (χ3n) is 6.93. The number of halogens is 2. The van der Waals surface area contributed by atoms with E-state index < -0.39 is 21.4 Å². The monoisotopic (exact) mass is 564 g/mol. The zero-order valence-corrected chi connectivity index (χ0v) is 23.2. The Morgan fingerprint density at radius 1 is 1.32 bits per heavy atom. The first-order valence-corrected chi connectivity index (χ1v) is 14.1. The Kier molecular flexibility index (Phi) is 8.07. The lowest BCUT2D eigenvalue weighted by molar-refractivity contribution is -0.135. The van der Waals surface area contributed by atoms with Gasteiger partial charge < -0.3 is 15.4 Å². The molecule has 3 aromatic rings. The Morgan fingerprint density at radius 2 is 2.08 bits per heavy atom. The molecule has 0 aliphatic carbocycles. The zero-order valence-electron chi connectivity index (χ0n) is 21.6. The van der Waals surface area contributed by atoms with E-state index in [-0.39, 0.29) is 29.7 Å². The summed E-state index contributed by atoms with van der Waals surface area (Å²) in [4.78, 5) is 23.7. The number of carbonyl (C=O) groups excluding carboxylic acids is 1. The van der Waals surface area contributed by atoms with Gasteiger partial charge in [-0.2, -0.15) is 4.31 Å². The normalized spacial score (nSPS) is 18.5. The number of anilines is 2. The van der Waals surface area contributed by atoms with Crippen molar-refractivity contribution in [1.29, 1.82) is 0 Å². The third-order valence-corrected chi connectivity index (χ3v) is 8.48. The number of aromatic nitrogens is 2. The van der Waals surface area contributed by atoms with Crippen LogP contribution in [0, 0.1) is 5.82 Å². The molecular formula is C25H30ClFN6O4S. The van der Waals surface area contributed by atoms with Crippen LogP contribution >= 0.6 is 11.6 Å². The summed E-state index contributed by atoms with van der Waals surface area (Å²) in [6.07, 6.45) is 3.53. The van der Waals surface area contributed by atoms with Crippen molar-refractivity contribution in [3.8, 4) is 5.75 Å². The Morgan fingerprint density at radius 3 is 2.76 bits per heavy atom. The minimum Gasteiger partial charge on any atom is -0.496 e. The van der Waals surface area contributed by atoms with Crippen LogP contribution in [0.5, 0.6) is 5.75 Å². The van der Waals surface area contributed by atoms with Crippen molar-refractivity contribution in [1.82, 2.24) is 24.5 Å². The highest BCUT2D eigenvalue weighted by Gasteiger charge is 2.47. The Labute approximate surface area is 226 Å². The second-order valence-corrected chi connectivity index (χ2v) is 11.7. The van der Waals surface area contributed by atoms with Crippen molar-refractivity contribution in [3.05, 3.63) is 53.1 Å². The molecule has 13 heteroatoms. The lowest BCUT2D eigenvalue weighted by Gasteiger charge is -2.46. The molecule has 204 valence electrons. The van der Waals surface area contributed by atoms with Gasteiger partial charge in [0.2, 0.25) is 15.9 Å². The fourth-order valence-corrected chi connectivity index (χ4v) is 5.94. The number of nitrogens with one attached hydrogen (secondary N) is 2. The summed E-state index contributed by atoms with van der Waals surface area (Å²) in [6.45, 7) is 0.642. The van der Waals surface area contributed by atoms with Gasteiger partial charge in [0.05, 0.1) is 29.6 Å². The van der Waals surface area contributed by atoms with Crippen LogP contribution in [0.2, 0.25) is 5.02 Å². The van der Waals surface area contributed by atoms with Gasteiger partial charge in [0.1, 0.15) is 23.4 Å². The number of amides is 1. The smallest absolute Gasteiger partial charge is 0.241 e. The molecule has 0 radical (unpaired) electrons. The van der Waals surface area contributed by atoms with Crippen molar-refractivity contribution < 1.29 is 22.3 Å². The molecule has 1 aromatic heterocycles. The molecule has 0 spiro atoms. The lowest BCUT2D eigenvalue weighted by atomic mass is 9.87. The van der Waals surface area contributed by atoms with E-state index in [4.69, 9.17) is 16.3 Å². The predicted octanol–water partition coefficient (Wildman–Crippen LogP) is 3.15. The van der Waals surface area contributed by atoms with Crippen LogP contribution in [0.15, 0.2) is 36.7 Å². The van der Waals surface area contributed by atoms with Crippen molar-refractivity contribution in [2.45, 2.75) is 24.9 Å². The third kappa shape index (κ3) is 5.39. The summed E-state index contributed by atoms with van der Waals surface area (Å²) in [5.74, 6) is 0.0281. The van der Waals surface area contributed by atoms with E-state index in [1.54, 1.807) is 25.2 Å². The molecule has 1 aliphatic rings. The van der Waals surface area contributed by atoms with Gasteiger partial charge in [-0.3, -0.25) is 9.69 Å². The Bertz CT molecular complexity index is 1470. The number of nitrogens with zero attached hydrogens (tertiary/aromatic N) is 4. The number of sulfonamides is 1. The largest absolute Gasteiger partial charge is 0.496 e. The zero-order chi connectivity index (χ0) is 27.7. The standard InChI is InChI=1S/C25H30ClFN6O4S/c1-28-24(34)25(9-6-10-33(14-25)38(4,35)36)32(2)13-16-11-17-20(12-21(16)37-3)29-15-30-23(17)31-19-8-5-7-18(26)22(19)27/h5,7-8,11-12,15H,6,9-10,13-14H2,1-4H3,(H,28,34)(H,29,30,31)/t25-/m0/s1. The molecule has 10 nitrogen and oxygen atoms in total. The predicted molar refractivity (Wildman–Crippen MR) is 145 cm³/mol. The summed E-state index contributed by atoms with van der Waals surface area (Å²) in [5, 5.41) is 6.28. The van der Waals surface area contributed by atoms with Crippen LogP contribution in [0.4, 0.5) is 15.9 Å². The molecule has 2 N–H and O–H groups in total. The van der Waals surface area contributed by atoms with Crippen LogP contribution in [0.3, 0.4) is 0 Å². The van der Waals surface area contributed by atoms with E-state index in [9.17, 15) is 17.6 Å². The van der Waals surface area contributed by atoms with Crippen molar-refractivity contribution >= 4 is 49.9 Å². The summed E-state index contributed by atoms with van der Waals surface area (Å²) in [7, 11) is 1.37. The average molecular weight is 565 g/mol. The summed E-state index contributed by atoms with van der Waals surface area (Å²) in [6, 6.07) is 8.21. The fourth-order valence-electron chi connectivity index (χ4n) is 4.86. The second kappa shape index (κ2) is 11.0. The topological polar surface area (TPSA) is 117 Å². The number of hydrogen-bond acceptors (Lipinski definition) is 8. The number of ether oxygens (including phenoxy) is 1. The van der Waals surface area contributed by atoms with E-state index in [1.807, 2.05) is 11.0 Å². The molecule has 0 unspecified atom stereocenters. The molecule has 0 bridgehead atoms. The SMILES string of the molecule is CNC(=O)[C@]1(N(C)Cc2cc3c(Nc4cccc(Cl)c4F)ncnc3cc2OC)CCCN(S(C)(=O)=O)C1. The maximum Gasteiger partial charge on any atom is 0.241 e. The molecule has 2 aromatic carbocycles. The van der Waals surface area contributed by atoms with Crippen LogP contribution in [-0.4, -0.2) is 79.6 Å². The van der Waals surface area contributed by atoms with Gasteiger partial charge in [0, 0.05) is 43.7 Å². The van der Waals surface area contributed by atoms with Crippen LogP contribution in [-0.2, 0) is 21.4 Å². The summed E-state index contributed by atoms with van der Waals surface area (Å²) in [5.41, 5.74) is 0.351. The highest BCUT2D eigenvalue weighted by molar-refractivity contribution is 7.88. The number of benzene rings is 2. The number of hydrogen-bond donors (Lipinski definition) is 2. The fraction of sp³-hybridized carbons (Fsp3) is 0.400. The van der Waals surface area contributed by atoms with E-state index in [1.165, 1.54) is 30.9 Å². The first-order chi connectivity index (χ1) is 18.0. The molecule has 0 saturated carbocycles. The first-order valence-electron chi connectivity index (χ1n) is 11.9. The van der Waals surface area contributed by atoms with Gasteiger partial charge in [0.15, 0.2) is 5.82 Å². The summed E-state index contributed by atoms with van der Waals surface area (Å²) < 4.78 is 46.3. The maximum absolute atomic E-state index is 14.6. The van der Waals surface area contributed by atoms with Gasteiger partial charge in [-0.05, 0) is 38.1 Å². The van der Waals surface area contributed by atoms with E-state index in [0.717, 1.165) is 6.26 Å². The molecule has 1 amide bonds. The Balaban J connectivity index is 1.74. The molecular weight excluding hydrogens is 535 g/mol. The van der Waals surface area contributed by atoms with Gasteiger partial charge >= 0.3 is 0 Å². The van der Waals surface area contributed by atoms with Crippen LogP contribution in [0.25, 0.3) is 10.9 Å². The van der Waals surface area contributed by atoms with Crippen LogP contribution < -0.4 is 15.4 Å². The molecule has 4 rings (SSSR count). The van der Waals surface area contributed by atoms with Gasteiger partial charge in [-0.15, -0.1) is 0 Å². The number of carbonyl (C=O) groups is 1. The Hall–Kier alpha value is -3.06. The highest BCUT2D eigenvalue weighted by Crippen LogP contribution is 2.35. The minimum atomic E-state index is -3.49. The maximum atomic E-state index is 14.6. The average Bonchev–Trinajstić information content (AvgIpc) is 2.90. The van der Waals surface area contributed by atoms with Gasteiger partial charge in [0.25, 0.3) is 0 Å². The summed E-state index contributed by atoms with van der Waals surface area (Å²) >= 11 is 5.94. The van der Waals surface area contributed by atoms with E-state index in [0.29, 0.717) is 47.4 Å². The molecule has 1 fully saturated rings. The van der Waals surface area contributed by atoms with Gasteiger partial charge in [-0.25, -0.2) is 22.8 Å². The molecule has 2 heterocycles. The quantitative estimate of drug-likeness (QED) is 0.428. The lowest BCUT2D eigenvalue weighted by Crippen LogP contribution is -2.65. The second-order valence-electron chi connectivity index (χ2n) is 9.30. The number of piperidine rings is 1. The highest BCUT2D eigenvalue weighted by atomic mass is 35.5. The number of likely N-dealkylation sites (N-methyl/N-ethyl adjacent to an activating group) is 2. The molecule has 1 saturated heterocycles. The van der Waals surface area contributed by atoms with E-state index >= 15 is 0 Å². The number of rotatable bonds is 8. The van der Waals surface area contributed by atoms with Crippen molar-refractivity contribution in [3.63, 3.8) is 0 Å². The molecule has 1 atom stereocenters. The number of methoxy groups -OCH3 is 1.